The van der Waals surface area contributed by atoms with Gasteiger partial charge in [-0.1, -0.05) is 53.9 Å². The van der Waals surface area contributed by atoms with E-state index in [1.807, 2.05) is 12.1 Å². The van der Waals surface area contributed by atoms with Crippen molar-refractivity contribution in [2.24, 2.45) is 0 Å². The maximum Gasteiger partial charge on any atom is 0.262 e. The average Bonchev–Trinajstić information content (AvgIpc) is 3.25. The second-order valence-electron chi connectivity index (χ2n) is 7.61. The maximum absolute atomic E-state index is 12.5. The zero-order chi connectivity index (χ0) is 23.7. The van der Waals surface area contributed by atoms with Gasteiger partial charge in [0.1, 0.15) is 5.52 Å². The summed E-state index contributed by atoms with van der Waals surface area (Å²) in [5.41, 5.74) is 5.26. The second kappa shape index (κ2) is 9.64. The molecule has 4 rings (SSSR count). The van der Waals surface area contributed by atoms with Crippen LogP contribution in [0.15, 0.2) is 46.9 Å². The number of amides is 1. The number of benzene rings is 3. The molecule has 4 aromatic rings. The molecule has 0 radical (unpaired) electrons. The first-order valence-electron chi connectivity index (χ1n) is 10.3. The van der Waals surface area contributed by atoms with Crippen molar-refractivity contribution >= 4 is 57.5 Å². The van der Waals surface area contributed by atoms with Crippen LogP contribution in [0.5, 0.6) is 5.75 Å². The lowest BCUT2D eigenvalue weighted by atomic mass is 10.1. The Morgan fingerprint density at radius 1 is 1.00 bits per heavy atom. The van der Waals surface area contributed by atoms with Crippen molar-refractivity contribution in [2.45, 2.75) is 27.2 Å². The molecule has 0 aliphatic carbocycles. The summed E-state index contributed by atoms with van der Waals surface area (Å²) in [4.78, 5) is 17.0. The number of hydrogen-bond acceptors (Lipinski definition) is 4. The maximum atomic E-state index is 12.5. The highest BCUT2D eigenvalue weighted by molar-refractivity contribution is 6.42. The summed E-state index contributed by atoms with van der Waals surface area (Å²) in [6, 6.07) is 13.3. The largest absolute Gasteiger partial charge is 0.481 e. The van der Waals surface area contributed by atoms with Crippen molar-refractivity contribution in [1.29, 1.82) is 0 Å². The minimum absolute atomic E-state index is 0.235. The van der Waals surface area contributed by atoms with Crippen LogP contribution in [-0.2, 0) is 11.2 Å². The number of rotatable bonds is 6. The molecule has 1 aromatic heterocycles. The predicted octanol–water partition coefficient (Wildman–Crippen LogP) is 7.65. The normalized spacial score (nSPS) is 11.1. The van der Waals surface area contributed by atoms with Gasteiger partial charge in [-0.3, -0.25) is 4.79 Å². The molecule has 0 bridgehead atoms. The fourth-order valence-electron chi connectivity index (χ4n) is 3.38. The topological polar surface area (TPSA) is 64.4 Å². The summed E-state index contributed by atoms with van der Waals surface area (Å²) >= 11 is 18.8. The molecule has 33 heavy (non-hydrogen) atoms. The van der Waals surface area contributed by atoms with Crippen molar-refractivity contribution < 1.29 is 13.9 Å². The Kier molecular flexibility index (Phi) is 6.84. The monoisotopic (exact) mass is 502 g/mol. The Bertz CT molecular complexity index is 1320. The average molecular weight is 504 g/mol. The zero-order valence-corrected chi connectivity index (χ0v) is 20.5. The Balaban J connectivity index is 1.47. The number of anilines is 1. The standard InChI is InChI=1S/C25H21Cl3N2O3/c1-4-15-5-7-16(8-6-15)25-30-18-11-17(9-10-19(18)33-25)29-20(31)12-32-24-22(27)13(2)21(26)14(3)23(24)28/h5-11H,4,12H2,1-3H3,(H,29,31). The Hall–Kier alpha value is -2.73. The van der Waals surface area contributed by atoms with E-state index in [0.29, 0.717) is 38.8 Å². The lowest BCUT2D eigenvalue weighted by Crippen LogP contribution is -2.20. The molecular formula is C25H21Cl3N2O3. The summed E-state index contributed by atoms with van der Waals surface area (Å²) < 4.78 is 11.5. The van der Waals surface area contributed by atoms with E-state index in [9.17, 15) is 4.79 Å². The predicted molar refractivity (Wildman–Crippen MR) is 134 cm³/mol. The molecule has 0 saturated heterocycles. The third-order valence-corrected chi connectivity index (χ3v) is 6.82. The number of hydrogen-bond donors (Lipinski definition) is 1. The summed E-state index contributed by atoms with van der Waals surface area (Å²) in [6.45, 7) is 5.36. The Morgan fingerprint density at radius 2 is 1.67 bits per heavy atom. The van der Waals surface area contributed by atoms with Crippen LogP contribution in [0.3, 0.4) is 0 Å². The Morgan fingerprint density at radius 3 is 2.30 bits per heavy atom. The highest BCUT2D eigenvalue weighted by Crippen LogP contribution is 2.42. The molecule has 1 heterocycles. The van der Waals surface area contributed by atoms with Gasteiger partial charge in [0.25, 0.3) is 5.91 Å². The molecule has 0 saturated carbocycles. The van der Waals surface area contributed by atoms with Crippen LogP contribution in [-0.4, -0.2) is 17.5 Å². The molecule has 0 spiro atoms. The first-order chi connectivity index (χ1) is 15.8. The number of ether oxygens (including phenoxy) is 1. The molecule has 0 aliphatic heterocycles. The first kappa shape index (κ1) is 23.4. The van der Waals surface area contributed by atoms with Gasteiger partial charge in [0, 0.05) is 16.3 Å². The Labute approximate surface area is 206 Å². The van der Waals surface area contributed by atoms with Gasteiger partial charge >= 0.3 is 0 Å². The van der Waals surface area contributed by atoms with Crippen LogP contribution in [0.2, 0.25) is 15.1 Å². The number of carbonyl (C=O) groups is 1. The van der Waals surface area contributed by atoms with E-state index in [2.05, 4.69) is 29.4 Å². The SMILES string of the molecule is CCc1ccc(-c2nc3cc(NC(=O)COc4c(Cl)c(C)c(Cl)c(C)c4Cl)ccc3o2)cc1. The number of halogens is 3. The fraction of sp³-hybridized carbons (Fsp3) is 0.200. The van der Waals surface area contributed by atoms with Crippen LogP contribution in [0, 0.1) is 13.8 Å². The number of carbonyl (C=O) groups excluding carboxylic acids is 1. The highest BCUT2D eigenvalue weighted by Gasteiger charge is 2.19. The number of aromatic nitrogens is 1. The molecule has 0 aliphatic rings. The van der Waals surface area contributed by atoms with Gasteiger partial charge in [-0.25, -0.2) is 4.98 Å². The van der Waals surface area contributed by atoms with E-state index in [1.165, 1.54) is 5.56 Å². The van der Waals surface area contributed by atoms with Crippen LogP contribution in [0.4, 0.5) is 5.69 Å². The minimum atomic E-state index is -0.370. The molecule has 8 heteroatoms. The number of fused-ring (bicyclic) bond motifs is 1. The number of oxazole rings is 1. The van der Waals surface area contributed by atoms with E-state index in [4.69, 9.17) is 44.0 Å². The number of nitrogens with one attached hydrogen (secondary N) is 1. The van der Waals surface area contributed by atoms with Crippen molar-refractivity contribution in [3.05, 3.63) is 74.2 Å². The highest BCUT2D eigenvalue weighted by atomic mass is 35.5. The molecular weight excluding hydrogens is 483 g/mol. The van der Waals surface area contributed by atoms with E-state index in [0.717, 1.165) is 12.0 Å². The van der Waals surface area contributed by atoms with Crippen LogP contribution in [0.25, 0.3) is 22.6 Å². The molecule has 0 atom stereocenters. The van der Waals surface area contributed by atoms with Crippen molar-refractivity contribution in [1.82, 2.24) is 4.98 Å². The van der Waals surface area contributed by atoms with Gasteiger partial charge < -0.3 is 14.5 Å². The van der Waals surface area contributed by atoms with Crippen LogP contribution < -0.4 is 10.1 Å². The van der Waals surface area contributed by atoms with Crippen LogP contribution >= 0.6 is 34.8 Å². The van der Waals surface area contributed by atoms with Crippen molar-refractivity contribution in [3.63, 3.8) is 0 Å². The molecule has 0 fully saturated rings. The van der Waals surface area contributed by atoms with E-state index < -0.39 is 0 Å². The first-order valence-corrected chi connectivity index (χ1v) is 11.5. The summed E-state index contributed by atoms with van der Waals surface area (Å²) in [6.07, 6.45) is 0.969. The molecule has 170 valence electrons. The van der Waals surface area contributed by atoms with Gasteiger partial charge in [-0.05, 0) is 67.3 Å². The van der Waals surface area contributed by atoms with Crippen molar-refractivity contribution in [3.8, 4) is 17.2 Å². The van der Waals surface area contributed by atoms with Gasteiger partial charge in [0.2, 0.25) is 5.89 Å². The third kappa shape index (κ3) is 4.81. The van der Waals surface area contributed by atoms with Crippen molar-refractivity contribution in [2.75, 3.05) is 11.9 Å². The third-order valence-electron chi connectivity index (χ3n) is 5.34. The molecule has 0 unspecified atom stereocenters. The van der Waals surface area contributed by atoms with Gasteiger partial charge in [0.15, 0.2) is 17.9 Å². The van der Waals surface area contributed by atoms with Crippen LogP contribution in [0.1, 0.15) is 23.6 Å². The van der Waals surface area contributed by atoms with E-state index in [-0.39, 0.29) is 28.3 Å². The minimum Gasteiger partial charge on any atom is -0.481 e. The van der Waals surface area contributed by atoms with E-state index in [1.54, 1.807) is 32.0 Å². The number of nitrogens with zero attached hydrogens (tertiary/aromatic N) is 1. The smallest absolute Gasteiger partial charge is 0.262 e. The van der Waals surface area contributed by atoms with Gasteiger partial charge in [-0.15, -0.1) is 0 Å². The summed E-state index contributed by atoms with van der Waals surface area (Å²) in [5.74, 6) is 0.390. The summed E-state index contributed by atoms with van der Waals surface area (Å²) in [7, 11) is 0. The second-order valence-corrected chi connectivity index (χ2v) is 8.74. The molecule has 1 N–H and O–H groups in total. The number of aryl methyl sites for hydroxylation is 1. The molecule has 3 aromatic carbocycles. The van der Waals surface area contributed by atoms with E-state index >= 15 is 0 Å². The lowest BCUT2D eigenvalue weighted by Gasteiger charge is -2.15. The van der Waals surface area contributed by atoms with Gasteiger partial charge in [-0.2, -0.15) is 0 Å². The molecule has 1 amide bonds. The molecule has 5 nitrogen and oxygen atoms in total. The quantitative estimate of drug-likeness (QED) is 0.293. The summed E-state index contributed by atoms with van der Waals surface area (Å²) in [5, 5.41) is 3.83. The van der Waals surface area contributed by atoms with Gasteiger partial charge in [0.05, 0.1) is 10.0 Å². The fourth-order valence-corrected chi connectivity index (χ4v) is 4.21. The zero-order valence-electron chi connectivity index (χ0n) is 18.3. The lowest BCUT2D eigenvalue weighted by molar-refractivity contribution is -0.118.